The van der Waals surface area contributed by atoms with E-state index in [1.54, 1.807) is 6.07 Å². The van der Waals surface area contributed by atoms with Crippen molar-refractivity contribution in [3.63, 3.8) is 0 Å². The van der Waals surface area contributed by atoms with Crippen molar-refractivity contribution in [3.05, 3.63) is 61.5 Å². The number of carbonyl (C=O) groups is 1. The molecule has 5 heteroatoms. The topological polar surface area (TPSA) is 29.1 Å². The summed E-state index contributed by atoms with van der Waals surface area (Å²) in [4.78, 5) is 12.1. The van der Waals surface area contributed by atoms with Crippen LogP contribution >= 0.6 is 43.5 Å². The lowest BCUT2D eigenvalue weighted by molar-refractivity contribution is -0.110. The van der Waals surface area contributed by atoms with E-state index in [1.807, 2.05) is 36.4 Å². The minimum atomic E-state index is -0.112. The van der Waals surface area contributed by atoms with Crippen LogP contribution in [0.1, 0.15) is 11.1 Å². The normalized spacial score (nSPS) is 15.3. The number of halogens is 3. The molecular formula is C15H8Br2ClNO. The molecule has 20 heavy (non-hydrogen) atoms. The predicted molar refractivity (Wildman–Crippen MR) is 89.8 cm³/mol. The van der Waals surface area contributed by atoms with Crippen LogP contribution in [0.2, 0.25) is 5.02 Å². The van der Waals surface area contributed by atoms with Gasteiger partial charge in [-0.05, 0) is 51.8 Å². The second kappa shape index (κ2) is 5.35. The Labute approximate surface area is 138 Å². The van der Waals surface area contributed by atoms with E-state index in [9.17, 15) is 4.79 Å². The molecule has 1 amide bonds. The molecule has 0 aliphatic carbocycles. The van der Waals surface area contributed by atoms with Crippen molar-refractivity contribution in [2.45, 2.75) is 0 Å². The maximum atomic E-state index is 12.1. The highest BCUT2D eigenvalue weighted by Crippen LogP contribution is 2.40. The third-order valence-corrected chi connectivity index (χ3v) is 4.31. The molecule has 0 atom stereocenters. The molecular weight excluding hydrogens is 405 g/mol. The molecule has 1 aliphatic heterocycles. The lowest BCUT2D eigenvalue weighted by Gasteiger charge is -2.03. The van der Waals surface area contributed by atoms with Gasteiger partial charge in [0.25, 0.3) is 5.91 Å². The van der Waals surface area contributed by atoms with E-state index in [1.165, 1.54) is 0 Å². The van der Waals surface area contributed by atoms with Crippen LogP contribution in [-0.4, -0.2) is 5.91 Å². The predicted octanol–water partition coefficient (Wildman–Crippen LogP) is 5.36. The van der Waals surface area contributed by atoms with E-state index in [0.717, 1.165) is 25.8 Å². The first-order valence-corrected chi connectivity index (χ1v) is 7.79. The SMILES string of the molecule is O=C1Nc2c(Br)cc(Br)cc2C1=Cc1cccc(Cl)c1. The number of hydrogen-bond donors (Lipinski definition) is 1. The van der Waals surface area contributed by atoms with Gasteiger partial charge in [0, 0.05) is 25.1 Å². The first-order chi connectivity index (χ1) is 9.54. The zero-order valence-corrected chi connectivity index (χ0v) is 14.0. The molecule has 3 rings (SSSR count). The van der Waals surface area contributed by atoms with Crippen molar-refractivity contribution in [2.75, 3.05) is 5.32 Å². The third kappa shape index (κ3) is 2.55. The molecule has 0 aromatic heterocycles. The summed E-state index contributed by atoms with van der Waals surface area (Å²) in [6.07, 6.45) is 1.84. The molecule has 0 bridgehead atoms. The Morgan fingerprint density at radius 2 is 1.95 bits per heavy atom. The summed E-state index contributed by atoms with van der Waals surface area (Å²) in [6, 6.07) is 11.2. The number of amides is 1. The Morgan fingerprint density at radius 3 is 2.70 bits per heavy atom. The second-order valence-electron chi connectivity index (χ2n) is 4.38. The van der Waals surface area contributed by atoms with E-state index in [4.69, 9.17) is 11.6 Å². The molecule has 2 aromatic carbocycles. The highest BCUT2D eigenvalue weighted by atomic mass is 79.9. The first kappa shape index (κ1) is 13.9. The number of hydrogen-bond acceptors (Lipinski definition) is 1. The lowest BCUT2D eigenvalue weighted by atomic mass is 10.0. The highest BCUT2D eigenvalue weighted by molar-refractivity contribution is 9.11. The molecule has 0 unspecified atom stereocenters. The number of rotatable bonds is 1. The fourth-order valence-electron chi connectivity index (χ4n) is 2.12. The Bertz CT molecular complexity index is 756. The maximum Gasteiger partial charge on any atom is 0.256 e. The van der Waals surface area contributed by atoms with Gasteiger partial charge in [-0.1, -0.05) is 39.7 Å². The van der Waals surface area contributed by atoms with Crippen LogP contribution in [0.25, 0.3) is 11.6 Å². The zero-order chi connectivity index (χ0) is 14.3. The van der Waals surface area contributed by atoms with Crippen LogP contribution in [0.4, 0.5) is 5.69 Å². The van der Waals surface area contributed by atoms with Gasteiger partial charge in [-0.15, -0.1) is 0 Å². The van der Waals surface area contributed by atoms with Gasteiger partial charge in [-0.2, -0.15) is 0 Å². The molecule has 0 radical (unpaired) electrons. The largest absolute Gasteiger partial charge is 0.320 e. The Kier molecular flexibility index (Phi) is 3.71. The van der Waals surface area contributed by atoms with Crippen LogP contribution in [0.5, 0.6) is 0 Å². The van der Waals surface area contributed by atoms with Gasteiger partial charge in [0.05, 0.1) is 5.69 Å². The van der Waals surface area contributed by atoms with Gasteiger partial charge in [-0.25, -0.2) is 0 Å². The van der Waals surface area contributed by atoms with Crippen molar-refractivity contribution in [1.29, 1.82) is 0 Å². The highest BCUT2D eigenvalue weighted by Gasteiger charge is 2.26. The molecule has 2 nitrogen and oxygen atoms in total. The van der Waals surface area contributed by atoms with E-state index >= 15 is 0 Å². The molecule has 0 spiro atoms. The van der Waals surface area contributed by atoms with Crippen molar-refractivity contribution in [2.24, 2.45) is 0 Å². The Morgan fingerprint density at radius 1 is 1.15 bits per heavy atom. The van der Waals surface area contributed by atoms with Crippen molar-refractivity contribution in [1.82, 2.24) is 0 Å². The van der Waals surface area contributed by atoms with E-state index in [-0.39, 0.29) is 5.91 Å². The smallest absolute Gasteiger partial charge is 0.256 e. The maximum absolute atomic E-state index is 12.1. The number of nitrogens with one attached hydrogen (secondary N) is 1. The van der Waals surface area contributed by atoms with Gasteiger partial charge in [0.1, 0.15) is 0 Å². The van der Waals surface area contributed by atoms with Gasteiger partial charge < -0.3 is 5.32 Å². The van der Waals surface area contributed by atoms with E-state index < -0.39 is 0 Å². The van der Waals surface area contributed by atoms with Crippen LogP contribution in [-0.2, 0) is 4.79 Å². The van der Waals surface area contributed by atoms with E-state index in [0.29, 0.717) is 10.6 Å². The van der Waals surface area contributed by atoms with Crippen LogP contribution in [0.15, 0.2) is 45.3 Å². The second-order valence-corrected chi connectivity index (χ2v) is 6.58. The molecule has 2 aromatic rings. The molecule has 0 fully saturated rings. The minimum absolute atomic E-state index is 0.112. The summed E-state index contributed by atoms with van der Waals surface area (Å²) in [6.45, 7) is 0. The number of carbonyl (C=O) groups excluding carboxylic acids is 1. The zero-order valence-electron chi connectivity index (χ0n) is 10.1. The summed E-state index contributed by atoms with van der Waals surface area (Å²) in [5.74, 6) is -0.112. The summed E-state index contributed by atoms with van der Waals surface area (Å²) in [5, 5.41) is 3.52. The first-order valence-electron chi connectivity index (χ1n) is 5.82. The Hall–Kier alpha value is -1.10. The summed E-state index contributed by atoms with van der Waals surface area (Å²) >= 11 is 12.9. The van der Waals surface area contributed by atoms with Crippen molar-refractivity contribution >= 4 is 66.7 Å². The van der Waals surface area contributed by atoms with Gasteiger partial charge >= 0.3 is 0 Å². The molecule has 0 saturated heterocycles. The average molecular weight is 413 g/mol. The lowest BCUT2D eigenvalue weighted by Crippen LogP contribution is -2.03. The third-order valence-electron chi connectivity index (χ3n) is 2.99. The van der Waals surface area contributed by atoms with E-state index in [2.05, 4.69) is 37.2 Å². The van der Waals surface area contributed by atoms with Crippen molar-refractivity contribution in [3.8, 4) is 0 Å². The van der Waals surface area contributed by atoms with Crippen molar-refractivity contribution < 1.29 is 4.79 Å². The van der Waals surface area contributed by atoms with Gasteiger partial charge in [-0.3, -0.25) is 4.79 Å². The standard InChI is InChI=1S/C15H8Br2ClNO/c16-9-6-11-12(5-8-2-1-3-10(18)4-8)15(20)19-14(11)13(17)7-9/h1-7H,(H,19,20). The summed E-state index contributed by atoms with van der Waals surface area (Å²) in [5.41, 5.74) is 3.19. The molecule has 1 N–H and O–H groups in total. The van der Waals surface area contributed by atoms with Crippen LogP contribution in [0, 0.1) is 0 Å². The van der Waals surface area contributed by atoms with Crippen LogP contribution in [0.3, 0.4) is 0 Å². The quantitative estimate of drug-likeness (QED) is 0.627. The summed E-state index contributed by atoms with van der Waals surface area (Å²) in [7, 11) is 0. The molecule has 1 heterocycles. The Balaban J connectivity index is 2.15. The molecule has 0 saturated carbocycles. The number of fused-ring (bicyclic) bond motifs is 1. The fraction of sp³-hybridized carbons (Fsp3) is 0. The van der Waals surface area contributed by atoms with Crippen LogP contribution < -0.4 is 5.32 Å². The number of anilines is 1. The monoisotopic (exact) mass is 411 g/mol. The average Bonchev–Trinajstić information content (AvgIpc) is 2.68. The summed E-state index contributed by atoms with van der Waals surface area (Å²) < 4.78 is 1.77. The minimum Gasteiger partial charge on any atom is -0.320 e. The van der Waals surface area contributed by atoms with Gasteiger partial charge in [0.2, 0.25) is 0 Å². The fourth-order valence-corrected chi connectivity index (χ4v) is 3.65. The number of benzene rings is 2. The molecule has 1 aliphatic rings. The van der Waals surface area contributed by atoms with Gasteiger partial charge in [0.15, 0.2) is 0 Å². The molecule has 100 valence electrons.